The molecule has 0 saturated heterocycles. The quantitative estimate of drug-likeness (QED) is 0.708. The van der Waals surface area contributed by atoms with Crippen LogP contribution < -0.4 is 9.47 Å². The monoisotopic (exact) mass is 286 g/mol. The van der Waals surface area contributed by atoms with E-state index in [1.54, 1.807) is 7.11 Å². The molecule has 0 bridgehead atoms. The summed E-state index contributed by atoms with van der Waals surface area (Å²) in [6.07, 6.45) is 2.25. The largest absolute Gasteiger partial charge is 0.493 e. The van der Waals surface area contributed by atoms with Gasteiger partial charge < -0.3 is 9.47 Å². The van der Waals surface area contributed by atoms with Crippen molar-refractivity contribution in [3.05, 3.63) is 24.3 Å². The molecule has 1 unspecified atom stereocenters. The molecule has 0 heterocycles. The lowest BCUT2D eigenvalue weighted by atomic mass is 10.1. The van der Waals surface area contributed by atoms with Crippen molar-refractivity contribution in [2.24, 2.45) is 5.92 Å². The zero-order valence-electron chi connectivity index (χ0n) is 9.91. The van der Waals surface area contributed by atoms with Crippen molar-refractivity contribution in [2.45, 2.75) is 19.8 Å². The minimum atomic E-state index is 0.690. The molecule has 0 aliphatic heterocycles. The van der Waals surface area contributed by atoms with Gasteiger partial charge in [-0.15, -0.1) is 0 Å². The van der Waals surface area contributed by atoms with Crippen molar-refractivity contribution < 1.29 is 9.47 Å². The number of methoxy groups -OCH3 is 1. The fourth-order valence-corrected chi connectivity index (χ4v) is 2.25. The van der Waals surface area contributed by atoms with Gasteiger partial charge in [0.2, 0.25) is 0 Å². The van der Waals surface area contributed by atoms with Crippen molar-refractivity contribution in [3.63, 3.8) is 0 Å². The first-order valence-electron chi connectivity index (χ1n) is 5.63. The molecule has 2 nitrogen and oxygen atoms in total. The summed E-state index contributed by atoms with van der Waals surface area (Å²) in [4.78, 5) is 0. The van der Waals surface area contributed by atoms with Crippen LogP contribution in [0, 0.1) is 5.92 Å². The molecule has 0 amide bonds. The topological polar surface area (TPSA) is 18.5 Å². The number of ether oxygens (including phenoxy) is 2. The summed E-state index contributed by atoms with van der Waals surface area (Å²) in [5.41, 5.74) is 0. The van der Waals surface area contributed by atoms with Gasteiger partial charge in [-0.2, -0.15) is 0 Å². The third-order valence-electron chi connectivity index (χ3n) is 2.65. The van der Waals surface area contributed by atoms with Crippen molar-refractivity contribution in [3.8, 4) is 11.5 Å². The van der Waals surface area contributed by atoms with Gasteiger partial charge in [0, 0.05) is 5.33 Å². The lowest BCUT2D eigenvalue weighted by Crippen LogP contribution is -2.07. The number of para-hydroxylation sites is 2. The van der Waals surface area contributed by atoms with Crippen LogP contribution in [0.5, 0.6) is 11.5 Å². The maximum atomic E-state index is 5.72. The fourth-order valence-electron chi connectivity index (χ4n) is 1.46. The van der Waals surface area contributed by atoms with Gasteiger partial charge in [0.05, 0.1) is 13.7 Å². The lowest BCUT2D eigenvalue weighted by molar-refractivity contribution is 0.268. The molecule has 0 radical (unpaired) electrons. The molecular formula is C13H19BrO2. The Morgan fingerprint density at radius 2 is 1.94 bits per heavy atom. The zero-order valence-corrected chi connectivity index (χ0v) is 11.5. The molecule has 3 heteroatoms. The molecule has 0 spiro atoms. The third-order valence-corrected chi connectivity index (χ3v) is 3.56. The third kappa shape index (κ3) is 4.05. The highest BCUT2D eigenvalue weighted by Gasteiger charge is 2.06. The molecule has 1 aromatic carbocycles. The van der Waals surface area contributed by atoms with E-state index < -0.39 is 0 Å². The number of hydrogen-bond donors (Lipinski definition) is 0. The average molecular weight is 287 g/mol. The molecule has 0 saturated carbocycles. The first kappa shape index (κ1) is 13.4. The van der Waals surface area contributed by atoms with E-state index in [0.29, 0.717) is 5.92 Å². The van der Waals surface area contributed by atoms with Crippen LogP contribution in [0.25, 0.3) is 0 Å². The summed E-state index contributed by atoms with van der Waals surface area (Å²) in [6, 6.07) is 7.75. The number of rotatable bonds is 7. The molecule has 0 aromatic heterocycles. The fraction of sp³-hybridized carbons (Fsp3) is 0.538. The second-order valence-corrected chi connectivity index (χ2v) is 4.36. The molecule has 16 heavy (non-hydrogen) atoms. The molecule has 1 rings (SSSR count). The Kier molecular flexibility index (Phi) is 6.31. The Morgan fingerprint density at radius 1 is 1.25 bits per heavy atom. The predicted octanol–water partition coefficient (Wildman–Crippen LogP) is 3.89. The van der Waals surface area contributed by atoms with Crippen LogP contribution in [0.3, 0.4) is 0 Å². The minimum absolute atomic E-state index is 0.690. The Bertz CT molecular complexity index is 298. The molecule has 1 aromatic rings. The molecule has 0 aliphatic rings. The number of benzene rings is 1. The Hall–Kier alpha value is -0.700. The summed E-state index contributed by atoms with van der Waals surface area (Å²) in [5.74, 6) is 2.32. The van der Waals surface area contributed by atoms with Gasteiger partial charge in [0.25, 0.3) is 0 Å². The predicted molar refractivity (Wildman–Crippen MR) is 70.7 cm³/mol. The standard InChI is InChI=1S/C13H19BrO2/c1-3-11(10-14)8-9-16-13-7-5-4-6-12(13)15-2/h4-7,11H,3,8-10H2,1-2H3. The van der Waals surface area contributed by atoms with Gasteiger partial charge in [-0.25, -0.2) is 0 Å². The summed E-state index contributed by atoms with van der Waals surface area (Å²) in [6.45, 7) is 2.94. The number of halogens is 1. The highest BCUT2D eigenvalue weighted by atomic mass is 79.9. The van der Waals surface area contributed by atoms with Crippen molar-refractivity contribution in [1.82, 2.24) is 0 Å². The highest BCUT2D eigenvalue weighted by Crippen LogP contribution is 2.26. The van der Waals surface area contributed by atoms with Crippen LogP contribution in [0.1, 0.15) is 19.8 Å². The molecule has 0 fully saturated rings. The van der Waals surface area contributed by atoms with Gasteiger partial charge in [-0.1, -0.05) is 41.4 Å². The summed E-state index contributed by atoms with van der Waals surface area (Å²) in [7, 11) is 1.66. The molecule has 90 valence electrons. The summed E-state index contributed by atoms with van der Waals surface area (Å²) >= 11 is 3.51. The van der Waals surface area contributed by atoms with Crippen LogP contribution in [-0.2, 0) is 0 Å². The molecular weight excluding hydrogens is 268 g/mol. The molecule has 0 aliphatic carbocycles. The highest BCUT2D eigenvalue weighted by molar-refractivity contribution is 9.09. The van der Waals surface area contributed by atoms with E-state index in [0.717, 1.165) is 29.9 Å². The van der Waals surface area contributed by atoms with Crippen LogP contribution in [-0.4, -0.2) is 19.0 Å². The van der Waals surface area contributed by atoms with E-state index in [4.69, 9.17) is 9.47 Å². The first-order valence-corrected chi connectivity index (χ1v) is 6.75. The van der Waals surface area contributed by atoms with Gasteiger partial charge in [-0.3, -0.25) is 0 Å². The Labute approximate surface area is 106 Å². The maximum Gasteiger partial charge on any atom is 0.161 e. The van der Waals surface area contributed by atoms with E-state index in [1.165, 1.54) is 6.42 Å². The van der Waals surface area contributed by atoms with Gasteiger partial charge >= 0.3 is 0 Å². The van der Waals surface area contributed by atoms with Gasteiger partial charge in [0.15, 0.2) is 11.5 Å². The average Bonchev–Trinajstić information content (AvgIpc) is 2.35. The second-order valence-electron chi connectivity index (χ2n) is 3.72. The van der Waals surface area contributed by atoms with Crippen molar-refractivity contribution in [2.75, 3.05) is 19.0 Å². The van der Waals surface area contributed by atoms with E-state index in [9.17, 15) is 0 Å². The SMILES string of the molecule is CCC(CBr)CCOc1ccccc1OC. The Morgan fingerprint density at radius 3 is 2.50 bits per heavy atom. The molecule has 0 N–H and O–H groups in total. The van der Waals surface area contributed by atoms with Crippen LogP contribution in [0.15, 0.2) is 24.3 Å². The maximum absolute atomic E-state index is 5.72. The molecule has 1 atom stereocenters. The smallest absolute Gasteiger partial charge is 0.161 e. The zero-order chi connectivity index (χ0) is 11.8. The normalized spacial score (nSPS) is 12.2. The van der Waals surface area contributed by atoms with Gasteiger partial charge in [0.1, 0.15) is 0 Å². The minimum Gasteiger partial charge on any atom is -0.493 e. The summed E-state index contributed by atoms with van der Waals surface area (Å²) < 4.78 is 10.9. The second kappa shape index (κ2) is 7.55. The summed E-state index contributed by atoms with van der Waals surface area (Å²) in [5, 5.41) is 1.04. The number of alkyl halides is 1. The van der Waals surface area contributed by atoms with Crippen LogP contribution >= 0.6 is 15.9 Å². The van der Waals surface area contributed by atoms with Crippen LogP contribution in [0.2, 0.25) is 0 Å². The first-order chi connectivity index (χ1) is 7.81. The van der Waals surface area contributed by atoms with Crippen LogP contribution in [0.4, 0.5) is 0 Å². The van der Waals surface area contributed by atoms with Crippen molar-refractivity contribution >= 4 is 15.9 Å². The lowest BCUT2D eigenvalue weighted by Gasteiger charge is -2.13. The van der Waals surface area contributed by atoms with E-state index >= 15 is 0 Å². The van der Waals surface area contributed by atoms with Gasteiger partial charge in [-0.05, 0) is 24.5 Å². The number of hydrogen-bond acceptors (Lipinski definition) is 2. The van der Waals surface area contributed by atoms with E-state index in [-0.39, 0.29) is 0 Å². The Balaban J connectivity index is 2.42. The van der Waals surface area contributed by atoms with E-state index in [1.807, 2.05) is 24.3 Å². The van der Waals surface area contributed by atoms with Crippen molar-refractivity contribution in [1.29, 1.82) is 0 Å². The van der Waals surface area contributed by atoms with E-state index in [2.05, 4.69) is 22.9 Å².